The molecule has 0 saturated carbocycles. The molecule has 7 nitrogen and oxygen atoms in total. The van der Waals surface area contributed by atoms with Crippen molar-refractivity contribution in [2.75, 3.05) is 6.61 Å². The van der Waals surface area contributed by atoms with Crippen molar-refractivity contribution in [1.29, 1.82) is 0 Å². The van der Waals surface area contributed by atoms with E-state index in [4.69, 9.17) is 37.8 Å². The zero-order valence-corrected chi connectivity index (χ0v) is 15.7. The molecule has 0 heterocycles. The molecule has 9 heteroatoms. The standard InChI is InChI=1S/C18H16Cl2N2O5/c1-11(27-16-7-4-13(19)8-15(16)20)18(25)22-21-9-12-2-5-14(6-3-12)26-10-17(23)24/h2-9,11H,10H2,1H3,(H,22,25)(H,23,24). The zero-order valence-electron chi connectivity index (χ0n) is 14.2. The lowest BCUT2D eigenvalue weighted by atomic mass is 10.2. The summed E-state index contributed by atoms with van der Waals surface area (Å²) in [4.78, 5) is 22.5. The minimum absolute atomic E-state index is 0.302. The summed E-state index contributed by atoms with van der Waals surface area (Å²) in [6.07, 6.45) is 0.605. The number of hydrogen-bond acceptors (Lipinski definition) is 5. The summed E-state index contributed by atoms with van der Waals surface area (Å²) in [6.45, 7) is 1.14. The lowest BCUT2D eigenvalue weighted by Gasteiger charge is -2.14. The van der Waals surface area contributed by atoms with Crippen LogP contribution >= 0.6 is 23.2 Å². The minimum Gasteiger partial charge on any atom is -0.482 e. The molecule has 0 aromatic heterocycles. The Balaban J connectivity index is 1.85. The lowest BCUT2D eigenvalue weighted by molar-refractivity contribution is -0.139. The molecular formula is C18H16Cl2N2O5. The zero-order chi connectivity index (χ0) is 19.8. The molecule has 2 rings (SSSR count). The third kappa shape index (κ3) is 6.80. The fraction of sp³-hybridized carbons (Fsp3) is 0.167. The summed E-state index contributed by atoms with van der Waals surface area (Å²) in [7, 11) is 0. The molecule has 0 aliphatic rings. The monoisotopic (exact) mass is 410 g/mol. The van der Waals surface area contributed by atoms with Gasteiger partial charge in [0.25, 0.3) is 5.91 Å². The van der Waals surface area contributed by atoms with Gasteiger partial charge in [0.15, 0.2) is 12.7 Å². The van der Waals surface area contributed by atoms with Gasteiger partial charge in [-0.15, -0.1) is 0 Å². The van der Waals surface area contributed by atoms with Gasteiger partial charge in [-0.2, -0.15) is 5.10 Å². The molecule has 0 saturated heterocycles. The Labute approximate surface area is 165 Å². The summed E-state index contributed by atoms with van der Waals surface area (Å²) in [6, 6.07) is 11.2. The van der Waals surface area contributed by atoms with Gasteiger partial charge in [-0.25, -0.2) is 10.2 Å². The van der Waals surface area contributed by atoms with E-state index in [1.807, 2.05) is 0 Å². The summed E-state index contributed by atoms with van der Waals surface area (Å²) < 4.78 is 10.5. The van der Waals surface area contributed by atoms with E-state index in [-0.39, 0.29) is 0 Å². The lowest BCUT2D eigenvalue weighted by Crippen LogP contribution is -2.33. The van der Waals surface area contributed by atoms with Crippen molar-refractivity contribution in [3.63, 3.8) is 0 Å². The van der Waals surface area contributed by atoms with Crippen molar-refractivity contribution < 1.29 is 24.2 Å². The number of ether oxygens (including phenoxy) is 2. The van der Waals surface area contributed by atoms with Gasteiger partial charge in [-0.05, 0) is 55.0 Å². The largest absolute Gasteiger partial charge is 0.482 e. The summed E-state index contributed by atoms with van der Waals surface area (Å²) in [5.41, 5.74) is 3.05. The number of carboxylic acid groups (broad SMARTS) is 1. The van der Waals surface area contributed by atoms with E-state index in [0.29, 0.717) is 27.1 Å². The second-order valence-corrected chi connectivity index (χ2v) is 6.16. The molecule has 0 fully saturated rings. The Morgan fingerprint density at radius 1 is 1.22 bits per heavy atom. The van der Waals surface area contributed by atoms with Crippen LogP contribution in [0.5, 0.6) is 11.5 Å². The smallest absolute Gasteiger partial charge is 0.341 e. The van der Waals surface area contributed by atoms with Crippen molar-refractivity contribution in [1.82, 2.24) is 5.43 Å². The second-order valence-electron chi connectivity index (χ2n) is 5.32. The van der Waals surface area contributed by atoms with E-state index in [9.17, 15) is 9.59 Å². The molecule has 1 atom stereocenters. The first-order valence-electron chi connectivity index (χ1n) is 7.74. The van der Waals surface area contributed by atoms with Crippen molar-refractivity contribution in [2.24, 2.45) is 5.10 Å². The summed E-state index contributed by atoms with van der Waals surface area (Å²) in [5.74, 6) is -0.761. The molecule has 0 aliphatic heterocycles. The first-order chi connectivity index (χ1) is 12.8. The number of hydrogen-bond donors (Lipinski definition) is 2. The molecule has 2 N–H and O–H groups in total. The average molecular weight is 411 g/mol. The highest BCUT2D eigenvalue weighted by Crippen LogP contribution is 2.28. The van der Waals surface area contributed by atoms with Crippen LogP contribution in [0.25, 0.3) is 0 Å². The number of carbonyl (C=O) groups is 2. The van der Waals surface area contributed by atoms with E-state index >= 15 is 0 Å². The number of hydrazone groups is 1. The maximum absolute atomic E-state index is 12.0. The normalized spacial score (nSPS) is 11.8. The van der Waals surface area contributed by atoms with E-state index in [1.165, 1.54) is 12.3 Å². The molecule has 2 aromatic carbocycles. The van der Waals surface area contributed by atoms with Crippen LogP contribution in [0.3, 0.4) is 0 Å². The van der Waals surface area contributed by atoms with Crippen LogP contribution in [0.1, 0.15) is 12.5 Å². The second kappa shape index (κ2) is 9.80. The van der Waals surface area contributed by atoms with Crippen LogP contribution in [-0.2, 0) is 9.59 Å². The molecule has 2 aromatic rings. The fourth-order valence-electron chi connectivity index (χ4n) is 1.87. The van der Waals surface area contributed by atoms with E-state index < -0.39 is 24.6 Å². The van der Waals surface area contributed by atoms with Crippen molar-refractivity contribution in [3.05, 3.63) is 58.1 Å². The first-order valence-corrected chi connectivity index (χ1v) is 8.50. The van der Waals surface area contributed by atoms with Gasteiger partial charge in [0.2, 0.25) is 0 Å². The number of carbonyl (C=O) groups excluding carboxylic acids is 1. The van der Waals surface area contributed by atoms with Gasteiger partial charge in [0.1, 0.15) is 11.5 Å². The Morgan fingerprint density at radius 2 is 1.93 bits per heavy atom. The van der Waals surface area contributed by atoms with Crippen LogP contribution in [0.15, 0.2) is 47.6 Å². The SMILES string of the molecule is CC(Oc1ccc(Cl)cc1Cl)C(=O)NN=Cc1ccc(OCC(=O)O)cc1. The molecule has 27 heavy (non-hydrogen) atoms. The van der Waals surface area contributed by atoms with Crippen LogP contribution in [0.2, 0.25) is 10.0 Å². The Morgan fingerprint density at radius 3 is 2.56 bits per heavy atom. The van der Waals surface area contributed by atoms with Gasteiger partial charge in [-0.1, -0.05) is 23.2 Å². The van der Waals surface area contributed by atoms with E-state index in [2.05, 4.69) is 10.5 Å². The summed E-state index contributed by atoms with van der Waals surface area (Å²) in [5, 5.41) is 13.2. The van der Waals surface area contributed by atoms with Gasteiger partial charge < -0.3 is 14.6 Å². The average Bonchev–Trinajstić information content (AvgIpc) is 2.63. The number of amides is 1. The highest BCUT2D eigenvalue weighted by atomic mass is 35.5. The number of nitrogens with zero attached hydrogens (tertiary/aromatic N) is 1. The quantitative estimate of drug-likeness (QED) is 0.513. The minimum atomic E-state index is -1.06. The van der Waals surface area contributed by atoms with E-state index in [1.54, 1.807) is 43.3 Å². The van der Waals surface area contributed by atoms with Gasteiger partial charge >= 0.3 is 5.97 Å². The molecule has 142 valence electrons. The van der Waals surface area contributed by atoms with Crippen LogP contribution in [0, 0.1) is 0 Å². The Bertz CT molecular complexity index is 840. The van der Waals surface area contributed by atoms with Crippen molar-refractivity contribution in [3.8, 4) is 11.5 Å². The third-order valence-electron chi connectivity index (χ3n) is 3.20. The molecule has 1 amide bonds. The predicted octanol–water partition coefficient (Wildman–Crippen LogP) is 3.37. The predicted molar refractivity (Wildman–Crippen MR) is 102 cm³/mol. The van der Waals surface area contributed by atoms with Gasteiger partial charge in [-0.3, -0.25) is 4.79 Å². The number of rotatable bonds is 8. The van der Waals surface area contributed by atoms with Crippen LogP contribution in [0.4, 0.5) is 0 Å². The first kappa shape index (κ1) is 20.5. The number of nitrogens with one attached hydrogen (secondary N) is 1. The van der Waals surface area contributed by atoms with Crippen LogP contribution < -0.4 is 14.9 Å². The highest BCUT2D eigenvalue weighted by molar-refractivity contribution is 6.35. The van der Waals surface area contributed by atoms with Gasteiger partial charge in [0.05, 0.1) is 11.2 Å². The molecular weight excluding hydrogens is 395 g/mol. The molecule has 0 spiro atoms. The Hall–Kier alpha value is -2.77. The third-order valence-corrected chi connectivity index (χ3v) is 3.73. The molecule has 1 unspecified atom stereocenters. The maximum Gasteiger partial charge on any atom is 0.341 e. The molecule has 0 aliphatic carbocycles. The Kier molecular flexibility index (Phi) is 7.45. The van der Waals surface area contributed by atoms with E-state index in [0.717, 1.165) is 0 Å². The number of carboxylic acids is 1. The molecule has 0 radical (unpaired) electrons. The van der Waals surface area contributed by atoms with Crippen LogP contribution in [-0.4, -0.2) is 35.9 Å². The van der Waals surface area contributed by atoms with Crippen molar-refractivity contribution >= 4 is 41.3 Å². The number of benzene rings is 2. The van der Waals surface area contributed by atoms with Crippen molar-refractivity contribution in [2.45, 2.75) is 13.0 Å². The molecule has 0 bridgehead atoms. The summed E-state index contributed by atoms with van der Waals surface area (Å²) >= 11 is 11.8. The van der Waals surface area contributed by atoms with Gasteiger partial charge in [0, 0.05) is 5.02 Å². The maximum atomic E-state index is 12.0. The topological polar surface area (TPSA) is 97.2 Å². The fourth-order valence-corrected chi connectivity index (χ4v) is 2.32. The highest BCUT2D eigenvalue weighted by Gasteiger charge is 2.15. The number of halogens is 2. The number of aliphatic carboxylic acids is 1.